The number of aromatic amines is 1. The van der Waals surface area contributed by atoms with Crippen molar-refractivity contribution < 1.29 is 14.4 Å². The number of rotatable bonds is 8. The van der Waals surface area contributed by atoms with Crippen molar-refractivity contribution in [2.45, 2.75) is 32.7 Å². The molecule has 0 spiro atoms. The number of H-pyrrole nitrogens is 1. The first kappa shape index (κ1) is 30.9. The molecule has 3 heterocycles. The summed E-state index contributed by atoms with van der Waals surface area (Å²) < 4.78 is 1.46. The Kier molecular flexibility index (Phi) is 9.71. The van der Waals surface area contributed by atoms with Crippen molar-refractivity contribution in [1.82, 2.24) is 45.3 Å². The lowest BCUT2D eigenvalue weighted by Crippen LogP contribution is -2.39. The zero-order valence-electron chi connectivity index (χ0n) is 24.2. The van der Waals surface area contributed by atoms with Crippen LogP contribution < -0.4 is 5.32 Å². The van der Waals surface area contributed by atoms with Gasteiger partial charge in [-0.05, 0) is 48.0 Å². The number of nitrogens with one attached hydrogen (secondary N) is 2. The van der Waals surface area contributed by atoms with Crippen LogP contribution in [0.25, 0.3) is 23.0 Å². The van der Waals surface area contributed by atoms with Gasteiger partial charge in [-0.1, -0.05) is 53.0 Å². The molecule has 44 heavy (non-hydrogen) atoms. The molecule has 0 unspecified atom stereocenters. The minimum absolute atomic E-state index is 0.0203. The van der Waals surface area contributed by atoms with E-state index in [2.05, 4.69) is 25.8 Å². The highest BCUT2D eigenvalue weighted by Crippen LogP contribution is 2.29. The van der Waals surface area contributed by atoms with Crippen LogP contribution >= 0.6 is 23.2 Å². The average molecular weight is 637 g/mol. The predicted molar refractivity (Wildman–Crippen MR) is 166 cm³/mol. The lowest BCUT2D eigenvalue weighted by Gasteiger charge is -2.24. The minimum Gasteiger partial charge on any atom is -0.342 e. The van der Waals surface area contributed by atoms with Crippen LogP contribution in [-0.4, -0.2) is 83.9 Å². The molecule has 2 aromatic heterocycles. The molecule has 1 aliphatic heterocycles. The fourth-order valence-corrected chi connectivity index (χ4v) is 5.39. The Morgan fingerprint density at radius 2 is 1.80 bits per heavy atom. The summed E-state index contributed by atoms with van der Waals surface area (Å²) in [4.78, 5) is 49.9. The van der Waals surface area contributed by atoms with Crippen LogP contribution in [0.4, 0.5) is 0 Å². The van der Waals surface area contributed by atoms with Crippen LogP contribution in [0, 0.1) is 6.92 Å². The van der Waals surface area contributed by atoms with E-state index in [9.17, 15) is 14.4 Å². The number of amides is 3. The first-order valence-electron chi connectivity index (χ1n) is 14.0. The highest BCUT2D eigenvalue weighted by Gasteiger charge is 2.27. The number of imidazole rings is 1. The number of aryl methyl sites for hydroxylation is 1. The van der Waals surface area contributed by atoms with E-state index in [0.29, 0.717) is 65.5 Å². The standard InChI is InChI=1S/C30H31Cl2N9O3/c1-19-4-6-21(7-5-19)28-29(32)36-30(35-28)24(17-27(44)40-13-3-12-39(14-15-40)20(2)42)34-26(43)11-8-22-16-23(31)9-10-25(22)41-18-33-37-38-41/h4-11,16,18,24H,3,12-15,17H2,1-2H3,(H,34,43)(H,35,36)/b11-8+/t24-/m0/s1. The number of aromatic nitrogens is 6. The molecule has 2 N–H and O–H groups in total. The van der Waals surface area contributed by atoms with E-state index in [1.807, 2.05) is 31.2 Å². The van der Waals surface area contributed by atoms with E-state index in [0.717, 1.165) is 11.1 Å². The molecule has 1 aliphatic rings. The summed E-state index contributed by atoms with van der Waals surface area (Å²) in [6.07, 6.45) is 4.98. The molecule has 1 saturated heterocycles. The van der Waals surface area contributed by atoms with Gasteiger partial charge in [0.25, 0.3) is 0 Å². The normalized spacial score (nSPS) is 14.5. The molecule has 0 saturated carbocycles. The van der Waals surface area contributed by atoms with Gasteiger partial charge in [0, 0.05) is 55.3 Å². The maximum atomic E-state index is 13.5. The topological polar surface area (TPSA) is 142 Å². The molecule has 1 fully saturated rings. The monoisotopic (exact) mass is 635 g/mol. The number of halogens is 2. The maximum absolute atomic E-state index is 13.5. The van der Waals surface area contributed by atoms with Gasteiger partial charge in [0.15, 0.2) is 0 Å². The van der Waals surface area contributed by atoms with E-state index in [4.69, 9.17) is 28.2 Å². The zero-order valence-corrected chi connectivity index (χ0v) is 25.7. The highest BCUT2D eigenvalue weighted by molar-refractivity contribution is 6.32. The molecule has 0 aliphatic carbocycles. The lowest BCUT2D eigenvalue weighted by atomic mass is 10.1. The van der Waals surface area contributed by atoms with Gasteiger partial charge in [-0.2, -0.15) is 4.68 Å². The Morgan fingerprint density at radius 3 is 2.52 bits per heavy atom. The predicted octanol–water partition coefficient (Wildman–Crippen LogP) is 4.01. The molecular formula is C30H31Cl2N9O3. The van der Waals surface area contributed by atoms with Crippen molar-refractivity contribution in [3.8, 4) is 16.9 Å². The summed E-state index contributed by atoms with van der Waals surface area (Å²) in [5, 5.41) is 14.9. The molecule has 5 rings (SSSR count). The van der Waals surface area contributed by atoms with Gasteiger partial charge in [-0.3, -0.25) is 14.4 Å². The summed E-state index contributed by atoms with van der Waals surface area (Å²) in [5.74, 6) is -0.315. The minimum atomic E-state index is -0.818. The molecule has 12 nitrogen and oxygen atoms in total. The number of nitrogens with zero attached hydrogens (tertiary/aromatic N) is 7. The Morgan fingerprint density at radius 1 is 1.05 bits per heavy atom. The fraction of sp³-hybridized carbons (Fsp3) is 0.300. The van der Waals surface area contributed by atoms with Crippen LogP contribution in [0.15, 0.2) is 54.9 Å². The van der Waals surface area contributed by atoms with Crippen molar-refractivity contribution in [2.24, 2.45) is 0 Å². The van der Waals surface area contributed by atoms with Gasteiger partial charge >= 0.3 is 0 Å². The second-order valence-corrected chi connectivity index (χ2v) is 11.3. The van der Waals surface area contributed by atoms with Gasteiger partial charge in [-0.15, -0.1) is 5.10 Å². The SMILES string of the molecule is CC(=O)N1CCCN(C(=O)C[C@H](NC(=O)/C=C/c2cc(Cl)ccc2-n2cnnn2)c2nc(-c3ccc(C)cc3)c(Cl)[nH]2)CC1. The fourth-order valence-electron chi connectivity index (χ4n) is 4.96. The number of hydrogen-bond acceptors (Lipinski definition) is 7. The maximum Gasteiger partial charge on any atom is 0.244 e. The van der Waals surface area contributed by atoms with Crippen molar-refractivity contribution in [1.29, 1.82) is 0 Å². The van der Waals surface area contributed by atoms with Crippen LogP contribution in [0.3, 0.4) is 0 Å². The molecule has 0 radical (unpaired) electrons. The zero-order chi connectivity index (χ0) is 31.2. The second-order valence-electron chi connectivity index (χ2n) is 10.4. The second kappa shape index (κ2) is 13.8. The smallest absolute Gasteiger partial charge is 0.244 e. The van der Waals surface area contributed by atoms with Gasteiger partial charge in [0.2, 0.25) is 17.7 Å². The van der Waals surface area contributed by atoms with E-state index in [1.54, 1.807) is 34.1 Å². The number of hydrogen-bond donors (Lipinski definition) is 2. The molecule has 228 valence electrons. The van der Waals surface area contributed by atoms with Gasteiger partial charge in [0.1, 0.15) is 23.0 Å². The Bertz CT molecular complexity index is 1670. The van der Waals surface area contributed by atoms with Crippen molar-refractivity contribution in [2.75, 3.05) is 26.2 Å². The average Bonchev–Trinajstić information content (AvgIpc) is 3.59. The summed E-state index contributed by atoms with van der Waals surface area (Å²) in [7, 11) is 0. The van der Waals surface area contributed by atoms with Gasteiger partial charge in [-0.25, -0.2) is 4.98 Å². The molecule has 3 amide bonds. The summed E-state index contributed by atoms with van der Waals surface area (Å²) in [5.41, 5.74) is 3.63. The molecule has 0 bridgehead atoms. The summed E-state index contributed by atoms with van der Waals surface area (Å²) >= 11 is 12.8. The van der Waals surface area contributed by atoms with E-state index >= 15 is 0 Å². The number of benzene rings is 2. The van der Waals surface area contributed by atoms with Crippen LogP contribution in [-0.2, 0) is 14.4 Å². The van der Waals surface area contributed by atoms with Gasteiger partial charge < -0.3 is 20.1 Å². The van der Waals surface area contributed by atoms with Crippen LogP contribution in [0.1, 0.15) is 42.8 Å². The largest absolute Gasteiger partial charge is 0.342 e. The molecule has 14 heteroatoms. The van der Waals surface area contributed by atoms with E-state index < -0.39 is 11.9 Å². The molecule has 2 aromatic carbocycles. The first-order chi connectivity index (χ1) is 21.2. The van der Waals surface area contributed by atoms with Crippen LogP contribution in [0.2, 0.25) is 10.2 Å². The molecule has 4 aromatic rings. The third-order valence-electron chi connectivity index (χ3n) is 7.32. The summed E-state index contributed by atoms with van der Waals surface area (Å²) in [6.45, 7) is 5.46. The molecular weight excluding hydrogens is 605 g/mol. The van der Waals surface area contributed by atoms with Gasteiger partial charge in [0.05, 0.1) is 18.2 Å². The third kappa shape index (κ3) is 7.50. The number of carbonyl (C=O) groups is 3. The first-order valence-corrected chi connectivity index (χ1v) is 14.8. The van der Waals surface area contributed by atoms with Crippen molar-refractivity contribution in [3.05, 3.63) is 82.0 Å². The van der Waals surface area contributed by atoms with Crippen LogP contribution in [0.5, 0.6) is 0 Å². The van der Waals surface area contributed by atoms with E-state index in [1.165, 1.54) is 24.0 Å². The number of carbonyl (C=O) groups excluding carboxylic acids is 3. The Balaban J connectivity index is 1.39. The third-order valence-corrected chi connectivity index (χ3v) is 7.83. The number of tetrazole rings is 1. The quantitative estimate of drug-likeness (QED) is 0.279. The van der Waals surface area contributed by atoms with Crippen molar-refractivity contribution in [3.63, 3.8) is 0 Å². The molecule has 1 atom stereocenters. The highest BCUT2D eigenvalue weighted by atomic mass is 35.5. The lowest BCUT2D eigenvalue weighted by molar-refractivity contribution is -0.133. The summed E-state index contributed by atoms with van der Waals surface area (Å²) in [6, 6.07) is 12.0. The van der Waals surface area contributed by atoms with E-state index in [-0.39, 0.29) is 18.2 Å². The Labute approximate surface area is 264 Å². The van der Waals surface area contributed by atoms with Crippen molar-refractivity contribution >= 4 is 47.0 Å². The Hall–Kier alpha value is -4.55.